The van der Waals surface area contributed by atoms with E-state index in [2.05, 4.69) is 9.82 Å². The third-order valence-corrected chi connectivity index (χ3v) is 5.86. The molecule has 0 saturated carbocycles. The van der Waals surface area contributed by atoms with Crippen molar-refractivity contribution in [2.45, 2.75) is 10.8 Å². The normalized spacial score (nSPS) is 11.5. The number of rotatable bonds is 5. The first-order valence-electron chi connectivity index (χ1n) is 6.36. The van der Waals surface area contributed by atoms with E-state index >= 15 is 0 Å². The third-order valence-electron chi connectivity index (χ3n) is 2.89. The lowest BCUT2D eigenvalue weighted by atomic mass is 10.2. The monoisotopic (exact) mass is 353 g/mol. The molecule has 0 aliphatic rings. The van der Waals surface area contributed by atoms with Crippen molar-refractivity contribution >= 4 is 38.6 Å². The molecule has 1 aromatic carbocycles. The molecule has 2 heterocycles. The molecule has 3 rings (SSSR count). The number of anilines is 1. The van der Waals surface area contributed by atoms with Crippen molar-refractivity contribution in [1.82, 2.24) is 9.78 Å². The van der Waals surface area contributed by atoms with Gasteiger partial charge in [0, 0.05) is 11.9 Å². The molecule has 0 saturated heterocycles. The summed E-state index contributed by atoms with van der Waals surface area (Å²) in [6.45, 7) is 0.515. The summed E-state index contributed by atoms with van der Waals surface area (Å²) in [5, 5.41) is 6.40. The van der Waals surface area contributed by atoms with E-state index in [0.29, 0.717) is 17.3 Å². The average Bonchev–Trinajstić information content (AvgIpc) is 3.11. The topological polar surface area (TPSA) is 64.0 Å². The SMILES string of the molecule is O=S(=O)(Nc1cccc(Cn2cc(Cl)cn2)c1)c1cccs1. The van der Waals surface area contributed by atoms with Crippen LogP contribution >= 0.6 is 22.9 Å². The van der Waals surface area contributed by atoms with Gasteiger partial charge >= 0.3 is 0 Å². The molecule has 3 aromatic rings. The van der Waals surface area contributed by atoms with E-state index in [4.69, 9.17) is 11.6 Å². The molecule has 0 aliphatic carbocycles. The van der Waals surface area contributed by atoms with E-state index in [1.54, 1.807) is 52.8 Å². The fourth-order valence-electron chi connectivity index (χ4n) is 1.97. The molecule has 0 spiro atoms. The van der Waals surface area contributed by atoms with Crippen molar-refractivity contribution in [2.75, 3.05) is 4.72 Å². The number of nitrogens with zero attached hydrogens (tertiary/aromatic N) is 2. The van der Waals surface area contributed by atoms with Gasteiger partial charge in [-0.1, -0.05) is 29.8 Å². The second-order valence-corrected chi connectivity index (χ2v) is 7.89. The van der Waals surface area contributed by atoms with Crippen molar-refractivity contribution in [3.05, 3.63) is 64.8 Å². The molecule has 1 N–H and O–H groups in total. The van der Waals surface area contributed by atoms with Gasteiger partial charge in [-0.3, -0.25) is 9.40 Å². The zero-order valence-electron chi connectivity index (χ0n) is 11.3. The Bertz CT molecular complexity index is 873. The average molecular weight is 354 g/mol. The van der Waals surface area contributed by atoms with Crippen LogP contribution in [0.15, 0.2) is 58.4 Å². The maximum absolute atomic E-state index is 12.2. The number of nitrogens with one attached hydrogen (secondary N) is 1. The van der Waals surface area contributed by atoms with Gasteiger partial charge in [0.25, 0.3) is 10.0 Å². The van der Waals surface area contributed by atoms with E-state index in [0.717, 1.165) is 5.56 Å². The van der Waals surface area contributed by atoms with E-state index < -0.39 is 10.0 Å². The van der Waals surface area contributed by atoms with E-state index in [9.17, 15) is 8.42 Å². The number of benzene rings is 1. The van der Waals surface area contributed by atoms with Gasteiger partial charge in [0.15, 0.2) is 0 Å². The predicted octanol–water partition coefficient (Wildman–Crippen LogP) is 3.45. The Kier molecular flexibility index (Phi) is 4.19. The van der Waals surface area contributed by atoms with Crippen molar-refractivity contribution in [2.24, 2.45) is 0 Å². The maximum Gasteiger partial charge on any atom is 0.271 e. The second-order valence-electron chi connectivity index (χ2n) is 4.59. The van der Waals surface area contributed by atoms with Crippen molar-refractivity contribution in [3.8, 4) is 0 Å². The first-order valence-corrected chi connectivity index (χ1v) is 9.10. The Hall–Kier alpha value is -1.83. The van der Waals surface area contributed by atoms with Crippen LogP contribution in [0.2, 0.25) is 5.02 Å². The van der Waals surface area contributed by atoms with Crippen LogP contribution in [0.25, 0.3) is 0 Å². The molecular weight excluding hydrogens is 342 g/mol. The zero-order valence-corrected chi connectivity index (χ0v) is 13.7. The summed E-state index contributed by atoms with van der Waals surface area (Å²) in [5.74, 6) is 0. The molecule has 0 fully saturated rings. The molecule has 2 aromatic heterocycles. The summed E-state index contributed by atoms with van der Waals surface area (Å²) in [7, 11) is -3.53. The predicted molar refractivity (Wildman–Crippen MR) is 87.9 cm³/mol. The number of hydrogen-bond acceptors (Lipinski definition) is 4. The first-order chi connectivity index (χ1) is 10.5. The summed E-state index contributed by atoms with van der Waals surface area (Å²) in [5.41, 5.74) is 1.44. The van der Waals surface area contributed by atoms with Gasteiger partial charge in [-0.2, -0.15) is 5.10 Å². The van der Waals surface area contributed by atoms with E-state index in [1.165, 1.54) is 11.3 Å². The van der Waals surface area contributed by atoms with Crippen LogP contribution in [0, 0.1) is 0 Å². The molecule has 0 bridgehead atoms. The van der Waals surface area contributed by atoms with Gasteiger partial charge in [-0.05, 0) is 29.1 Å². The van der Waals surface area contributed by atoms with Gasteiger partial charge in [0.05, 0.1) is 17.8 Å². The Morgan fingerprint density at radius 2 is 2.14 bits per heavy atom. The first kappa shape index (κ1) is 15.1. The van der Waals surface area contributed by atoms with Gasteiger partial charge < -0.3 is 0 Å². The molecule has 0 atom stereocenters. The Labute approximate surface area is 137 Å². The van der Waals surface area contributed by atoms with Crippen molar-refractivity contribution in [3.63, 3.8) is 0 Å². The Balaban J connectivity index is 1.79. The molecular formula is C14H12ClN3O2S2. The highest BCUT2D eigenvalue weighted by Gasteiger charge is 2.15. The molecule has 8 heteroatoms. The lowest BCUT2D eigenvalue weighted by molar-refractivity contribution is 0.603. The highest BCUT2D eigenvalue weighted by atomic mass is 35.5. The lowest BCUT2D eigenvalue weighted by Gasteiger charge is -2.08. The molecule has 0 radical (unpaired) electrons. The van der Waals surface area contributed by atoms with Crippen molar-refractivity contribution in [1.29, 1.82) is 0 Å². The molecule has 0 unspecified atom stereocenters. The summed E-state index contributed by atoms with van der Waals surface area (Å²) >= 11 is 7.01. The van der Waals surface area contributed by atoms with E-state index in [-0.39, 0.29) is 4.21 Å². The van der Waals surface area contributed by atoms with Gasteiger partial charge in [0.2, 0.25) is 0 Å². The van der Waals surface area contributed by atoms with Crippen LogP contribution in [0.3, 0.4) is 0 Å². The number of thiophene rings is 1. The van der Waals surface area contributed by atoms with Crippen LogP contribution in [-0.2, 0) is 16.6 Å². The molecule has 0 aliphatic heterocycles. The Morgan fingerprint density at radius 1 is 1.27 bits per heavy atom. The van der Waals surface area contributed by atoms with Gasteiger partial charge in [-0.15, -0.1) is 11.3 Å². The largest absolute Gasteiger partial charge is 0.279 e. The fourth-order valence-corrected chi connectivity index (χ4v) is 4.17. The summed E-state index contributed by atoms with van der Waals surface area (Å²) in [6.07, 6.45) is 3.27. The number of sulfonamides is 1. The summed E-state index contributed by atoms with van der Waals surface area (Å²) < 4.78 is 29.0. The summed E-state index contributed by atoms with van der Waals surface area (Å²) in [4.78, 5) is 0. The second kappa shape index (κ2) is 6.12. The maximum atomic E-state index is 12.2. The minimum absolute atomic E-state index is 0.289. The van der Waals surface area contributed by atoms with Gasteiger partial charge in [0.1, 0.15) is 4.21 Å². The van der Waals surface area contributed by atoms with Crippen molar-refractivity contribution < 1.29 is 8.42 Å². The standard InChI is InChI=1S/C14H12ClN3O2S2/c15-12-8-16-18(10-12)9-11-3-1-4-13(7-11)17-22(19,20)14-5-2-6-21-14/h1-8,10,17H,9H2. The van der Waals surface area contributed by atoms with Crippen LogP contribution in [0.1, 0.15) is 5.56 Å². The number of halogens is 1. The van der Waals surface area contributed by atoms with Crippen LogP contribution in [-0.4, -0.2) is 18.2 Å². The molecule has 5 nitrogen and oxygen atoms in total. The fraction of sp³-hybridized carbons (Fsp3) is 0.0714. The van der Waals surface area contributed by atoms with Crippen LogP contribution in [0.4, 0.5) is 5.69 Å². The molecule has 0 amide bonds. The minimum atomic E-state index is -3.53. The Morgan fingerprint density at radius 3 is 2.82 bits per heavy atom. The van der Waals surface area contributed by atoms with E-state index in [1.807, 2.05) is 6.07 Å². The third kappa shape index (κ3) is 3.49. The smallest absolute Gasteiger partial charge is 0.271 e. The quantitative estimate of drug-likeness (QED) is 0.764. The molecule has 22 heavy (non-hydrogen) atoms. The highest BCUT2D eigenvalue weighted by molar-refractivity contribution is 7.94. The van der Waals surface area contributed by atoms with Crippen LogP contribution < -0.4 is 4.72 Å². The lowest BCUT2D eigenvalue weighted by Crippen LogP contribution is -2.11. The van der Waals surface area contributed by atoms with Gasteiger partial charge in [-0.25, -0.2) is 8.42 Å². The zero-order chi connectivity index (χ0) is 15.6. The number of hydrogen-bond donors (Lipinski definition) is 1. The highest BCUT2D eigenvalue weighted by Crippen LogP contribution is 2.21. The summed E-state index contributed by atoms with van der Waals surface area (Å²) in [6, 6.07) is 10.5. The minimum Gasteiger partial charge on any atom is -0.279 e. The number of aromatic nitrogens is 2. The van der Waals surface area contributed by atoms with Crippen LogP contribution in [0.5, 0.6) is 0 Å². The molecule has 114 valence electrons.